The highest BCUT2D eigenvalue weighted by atomic mass is 16.5. The molecule has 6 heteroatoms. The molecule has 0 saturated heterocycles. The monoisotopic (exact) mass is 270 g/mol. The molecule has 1 aromatic carbocycles. The summed E-state index contributed by atoms with van der Waals surface area (Å²) in [6.07, 6.45) is 0. The Bertz CT molecular complexity index is 831. The van der Waals surface area contributed by atoms with Crippen LogP contribution in [0.25, 0.3) is 17.2 Å². The molecular weight excluding hydrogens is 256 g/mol. The number of aryl methyl sites for hydroxylation is 1. The summed E-state index contributed by atoms with van der Waals surface area (Å²) in [6.45, 7) is 3.56. The van der Waals surface area contributed by atoms with E-state index in [1.807, 2.05) is 24.3 Å². The molecule has 6 nitrogen and oxygen atoms in total. The van der Waals surface area contributed by atoms with Crippen molar-refractivity contribution in [3.05, 3.63) is 45.9 Å². The number of methoxy groups -OCH3 is 1. The van der Waals surface area contributed by atoms with Gasteiger partial charge in [0.2, 0.25) is 0 Å². The average molecular weight is 270 g/mol. The first-order chi connectivity index (χ1) is 9.60. The average Bonchev–Trinajstić information content (AvgIpc) is 2.89. The van der Waals surface area contributed by atoms with Crippen molar-refractivity contribution in [2.45, 2.75) is 13.8 Å². The van der Waals surface area contributed by atoms with E-state index >= 15 is 0 Å². The van der Waals surface area contributed by atoms with Crippen LogP contribution < -0.4 is 10.3 Å². The highest BCUT2D eigenvalue weighted by Gasteiger charge is 2.11. The molecule has 2 heterocycles. The molecule has 102 valence electrons. The lowest BCUT2D eigenvalue weighted by Gasteiger charge is -1.99. The lowest BCUT2D eigenvalue weighted by Crippen LogP contribution is -2.19. The number of rotatable bonds is 2. The first-order valence-corrected chi connectivity index (χ1v) is 6.20. The fourth-order valence-corrected chi connectivity index (χ4v) is 1.98. The van der Waals surface area contributed by atoms with Crippen molar-refractivity contribution in [1.82, 2.24) is 19.6 Å². The number of aromatic nitrogens is 4. The maximum atomic E-state index is 12.1. The molecule has 1 N–H and O–H groups in total. The molecule has 0 bridgehead atoms. The quantitative estimate of drug-likeness (QED) is 0.769. The molecular formula is C14H14N4O2. The summed E-state index contributed by atoms with van der Waals surface area (Å²) in [5, 5.41) is 2.98. The Hall–Kier alpha value is -2.63. The minimum absolute atomic E-state index is 0.125. The van der Waals surface area contributed by atoms with E-state index < -0.39 is 0 Å². The molecule has 3 rings (SSSR count). The van der Waals surface area contributed by atoms with E-state index in [-0.39, 0.29) is 5.56 Å². The Labute approximate surface area is 115 Å². The number of nitrogens with one attached hydrogen (secondary N) is 1. The maximum Gasteiger partial charge on any atom is 0.277 e. The number of ether oxygens (including phenoxy) is 1. The predicted molar refractivity (Wildman–Crippen MR) is 75.1 cm³/mol. The van der Waals surface area contributed by atoms with Gasteiger partial charge in [0.25, 0.3) is 11.3 Å². The van der Waals surface area contributed by atoms with Crippen LogP contribution in [-0.4, -0.2) is 26.7 Å². The van der Waals surface area contributed by atoms with Crippen LogP contribution >= 0.6 is 0 Å². The molecule has 3 aromatic rings. The van der Waals surface area contributed by atoms with Crippen LogP contribution in [0.4, 0.5) is 0 Å². The molecule has 0 atom stereocenters. The van der Waals surface area contributed by atoms with Gasteiger partial charge in [0.05, 0.1) is 7.11 Å². The van der Waals surface area contributed by atoms with Gasteiger partial charge in [0.1, 0.15) is 5.75 Å². The second-order valence-electron chi connectivity index (χ2n) is 4.56. The first kappa shape index (κ1) is 12.4. The Morgan fingerprint density at radius 2 is 1.85 bits per heavy atom. The third-order valence-corrected chi connectivity index (χ3v) is 3.33. The Kier molecular flexibility index (Phi) is 2.78. The van der Waals surface area contributed by atoms with Crippen molar-refractivity contribution in [3.63, 3.8) is 0 Å². The highest BCUT2D eigenvalue weighted by molar-refractivity contribution is 5.58. The molecule has 0 unspecified atom stereocenters. The molecule has 0 spiro atoms. The van der Waals surface area contributed by atoms with Crippen LogP contribution in [0.1, 0.15) is 11.3 Å². The van der Waals surface area contributed by atoms with E-state index in [2.05, 4.69) is 15.1 Å². The minimum atomic E-state index is -0.125. The summed E-state index contributed by atoms with van der Waals surface area (Å²) in [4.78, 5) is 20.8. The normalized spacial score (nSPS) is 10.9. The fourth-order valence-electron chi connectivity index (χ4n) is 1.98. The Morgan fingerprint density at radius 1 is 1.15 bits per heavy atom. The molecule has 0 saturated carbocycles. The number of H-pyrrole nitrogens is 1. The van der Waals surface area contributed by atoms with E-state index in [1.165, 1.54) is 4.52 Å². The van der Waals surface area contributed by atoms with Gasteiger partial charge in [-0.1, -0.05) is 0 Å². The Morgan fingerprint density at radius 3 is 2.50 bits per heavy atom. The van der Waals surface area contributed by atoms with Gasteiger partial charge in [-0.2, -0.15) is 9.50 Å². The van der Waals surface area contributed by atoms with E-state index in [1.54, 1.807) is 21.0 Å². The molecule has 2 aromatic heterocycles. The van der Waals surface area contributed by atoms with Crippen molar-refractivity contribution in [2.24, 2.45) is 0 Å². The number of hydrogen-bond donors (Lipinski definition) is 1. The van der Waals surface area contributed by atoms with Crippen LogP contribution in [-0.2, 0) is 0 Å². The summed E-state index contributed by atoms with van der Waals surface area (Å²) < 4.78 is 6.48. The standard InChI is InChI=1S/C14H14N4O2/c1-8-9(2)15-14-16-12(17-18(14)13(8)19)10-4-6-11(20-3)7-5-10/h4-7H,1-3H3,(H,15,16,17). The second-order valence-corrected chi connectivity index (χ2v) is 4.56. The van der Waals surface area contributed by atoms with Crippen molar-refractivity contribution < 1.29 is 4.74 Å². The molecule has 0 aliphatic heterocycles. The molecule has 0 amide bonds. The predicted octanol–water partition coefficient (Wildman–Crippen LogP) is 1.71. The van der Waals surface area contributed by atoms with Gasteiger partial charge in [-0.15, -0.1) is 0 Å². The summed E-state index contributed by atoms with van der Waals surface area (Å²) in [5.41, 5.74) is 2.06. The number of nitrogens with zero attached hydrogens (tertiary/aromatic N) is 3. The van der Waals surface area contributed by atoms with Gasteiger partial charge in [-0.3, -0.25) is 9.89 Å². The van der Waals surface area contributed by atoms with Crippen LogP contribution in [0.5, 0.6) is 5.75 Å². The lowest BCUT2D eigenvalue weighted by molar-refractivity contribution is 0.415. The number of fused-ring (bicyclic) bond motifs is 1. The molecule has 0 fully saturated rings. The van der Waals surface area contributed by atoms with Crippen molar-refractivity contribution >= 4 is 5.78 Å². The SMILES string of the molecule is COc1ccc(-c2nc3nc(C)c(C)c(=O)n3[nH]2)cc1. The first-order valence-electron chi connectivity index (χ1n) is 6.20. The molecule has 20 heavy (non-hydrogen) atoms. The van der Waals surface area contributed by atoms with Crippen molar-refractivity contribution in [3.8, 4) is 17.1 Å². The second kappa shape index (κ2) is 4.48. The smallest absolute Gasteiger partial charge is 0.277 e. The zero-order valence-corrected chi connectivity index (χ0v) is 11.5. The van der Waals surface area contributed by atoms with Gasteiger partial charge in [-0.05, 0) is 38.1 Å². The minimum Gasteiger partial charge on any atom is -0.497 e. The van der Waals surface area contributed by atoms with Crippen LogP contribution in [0.3, 0.4) is 0 Å². The highest BCUT2D eigenvalue weighted by Crippen LogP contribution is 2.19. The van der Waals surface area contributed by atoms with Crippen LogP contribution in [0.15, 0.2) is 29.1 Å². The lowest BCUT2D eigenvalue weighted by atomic mass is 10.2. The fraction of sp³-hybridized carbons (Fsp3) is 0.214. The van der Waals surface area contributed by atoms with Gasteiger partial charge in [0, 0.05) is 16.8 Å². The van der Waals surface area contributed by atoms with E-state index in [0.29, 0.717) is 22.9 Å². The van der Waals surface area contributed by atoms with Gasteiger partial charge in [0.15, 0.2) is 5.82 Å². The maximum absolute atomic E-state index is 12.1. The zero-order valence-electron chi connectivity index (χ0n) is 11.5. The number of benzene rings is 1. The zero-order chi connectivity index (χ0) is 14.3. The summed E-state index contributed by atoms with van der Waals surface area (Å²) in [7, 11) is 1.62. The summed E-state index contributed by atoms with van der Waals surface area (Å²) in [6, 6.07) is 7.44. The Balaban J connectivity index is 2.17. The largest absolute Gasteiger partial charge is 0.497 e. The van der Waals surface area contributed by atoms with E-state index in [0.717, 1.165) is 11.3 Å². The van der Waals surface area contributed by atoms with E-state index in [4.69, 9.17) is 4.74 Å². The van der Waals surface area contributed by atoms with Gasteiger partial charge < -0.3 is 4.74 Å². The van der Waals surface area contributed by atoms with Crippen molar-refractivity contribution in [2.75, 3.05) is 7.11 Å². The number of hydrogen-bond acceptors (Lipinski definition) is 4. The third kappa shape index (κ3) is 1.85. The third-order valence-electron chi connectivity index (χ3n) is 3.33. The summed E-state index contributed by atoms with van der Waals surface area (Å²) >= 11 is 0. The van der Waals surface area contributed by atoms with Crippen LogP contribution in [0.2, 0.25) is 0 Å². The molecule has 0 radical (unpaired) electrons. The molecule has 0 aliphatic rings. The van der Waals surface area contributed by atoms with Crippen LogP contribution in [0, 0.1) is 13.8 Å². The van der Waals surface area contributed by atoms with E-state index in [9.17, 15) is 4.79 Å². The summed E-state index contributed by atoms with van der Waals surface area (Å²) in [5.74, 6) is 1.75. The topological polar surface area (TPSA) is 72.3 Å². The molecule has 0 aliphatic carbocycles. The van der Waals surface area contributed by atoms with Gasteiger partial charge in [-0.25, -0.2) is 4.98 Å². The van der Waals surface area contributed by atoms with Gasteiger partial charge >= 0.3 is 0 Å². The number of aromatic amines is 1. The van der Waals surface area contributed by atoms with Crippen molar-refractivity contribution in [1.29, 1.82) is 0 Å².